The molecule has 0 aliphatic heterocycles. The highest BCUT2D eigenvalue weighted by Gasteiger charge is 2.09. The van der Waals surface area contributed by atoms with Crippen molar-refractivity contribution in [2.45, 2.75) is 6.92 Å². The number of halogens is 1. The van der Waals surface area contributed by atoms with E-state index in [0.717, 1.165) is 0 Å². The number of rotatable bonds is 5. The molecule has 0 aliphatic rings. The Hall–Kier alpha value is -1.38. The summed E-state index contributed by atoms with van der Waals surface area (Å²) in [6.45, 7) is 2.58. The number of hydrogen-bond acceptors (Lipinski definition) is 4. The molecule has 1 aromatic rings. The molecule has 17 heavy (non-hydrogen) atoms. The molecule has 0 heterocycles. The van der Waals surface area contributed by atoms with E-state index >= 15 is 0 Å². The molecule has 0 aromatic heterocycles. The molecule has 0 aliphatic carbocycles. The molecular formula is C10H12IN3O3. The van der Waals surface area contributed by atoms with Crippen molar-refractivity contribution in [1.82, 2.24) is 5.32 Å². The first-order valence-electron chi connectivity index (χ1n) is 4.99. The van der Waals surface area contributed by atoms with Crippen LogP contribution >= 0.6 is 22.6 Å². The van der Waals surface area contributed by atoms with E-state index in [2.05, 4.69) is 10.6 Å². The van der Waals surface area contributed by atoms with Gasteiger partial charge in [-0.05, 0) is 35.6 Å². The molecule has 0 radical (unpaired) electrons. The second kappa shape index (κ2) is 6.38. The Bertz CT molecular complexity index is 437. The lowest BCUT2D eigenvalue weighted by Gasteiger charge is -2.08. The minimum absolute atomic E-state index is 0.0398. The van der Waals surface area contributed by atoms with E-state index in [0.29, 0.717) is 15.8 Å². The number of anilines is 1. The summed E-state index contributed by atoms with van der Waals surface area (Å²) in [5.74, 6) is -0.110. The molecular weight excluding hydrogens is 337 g/mol. The number of non-ortho nitro benzene ring substituents is 1. The second-order valence-electron chi connectivity index (χ2n) is 3.23. The summed E-state index contributed by atoms with van der Waals surface area (Å²) < 4.78 is 0.709. The molecule has 1 aromatic carbocycles. The third-order valence-electron chi connectivity index (χ3n) is 1.98. The molecule has 0 atom stereocenters. The van der Waals surface area contributed by atoms with E-state index in [1.807, 2.05) is 29.5 Å². The van der Waals surface area contributed by atoms with Crippen molar-refractivity contribution in [2.24, 2.45) is 0 Å². The molecule has 2 N–H and O–H groups in total. The van der Waals surface area contributed by atoms with Gasteiger partial charge in [0.25, 0.3) is 5.69 Å². The number of likely N-dealkylation sites (N-methyl/N-ethyl adjacent to an activating group) is 1. The predicted octanol–water partition coefficient (Wildman–Crippen LogP) is 1.75. The van der Waals surface area contributed by atoms with E-state index in [4.69, 9.17) is 0 Å². The Morgan fingerprint density at radius 2 is 2.24 bits per heavy atom. The number of carbonyl (C=O) groups is 1. The average molecular weight is 349 g/mol. The van der Waals surface area contributed by atoms with Crippen LogP contribution in [0.15, 0.2) is 18.2 Å². The van der Waals surface area contributed by atoms with Crippen LogP contribution in [0.5, 0.6) is 0 Å². The van der Waals surface area contributed by atoms with Crippen LogP contribution in [-0.4, -0.2) is 23.9 Å². The molecule has 0 fully saturated rings. The van der Waals surface area contributed by atoms with Crippen molar-refractivity contribution in [3.63, 3.8) is 0 Å². The maximum absolute atomic E-state index is 11.2. The molecule has 0 spiro atoms. The van der Waals surface area contributed by atoms with Crippen molar-refractivity contribution >= 4 is 39.9 Å². The molecule has 92 valence electrons. The number of nitrogens with zero attached hydrogens (tertiary/aromatic N) is 1. The first kappa shape index (κ1) is 13.7. The summed E-state index contributed by atoms with van der Waals surface area (Å²) in [5, 5.41) is 16.1. The Morgan fingerprint density at radius 3 is 2.76 bits per heavy atom. The van der Waals surface area contributed by atoms with Crippen LogP contribution in [0.3, 0.4) is 0 Å². The zero-order valence-electron chi connectivity index (χ0n) is 9.20. The Balaban J connectivity index is 2.66. The van der Waals surface area contributed by atoms with Crippen LogP contribution in [0.1, 0.15) is 6.92 Å². The molecule has 0 saturated carbocycles. The lowest BCUT2D eigenvalue weighted by Crippen LogP contribution is -2.29. The summed E-state index contributed by atoms with van der Waals surface area (Å²) in [6.07, 6.45) is 0. The first-order valence-corrected chi connectivity index (χ1v) is 6.07. The van der Waals surface area contributed by atoms with Gasteiger partial charge in [-0.3, -0.25) is 14.9 Å². The van der Waals surface area contributed by atoms with Crippen LogP contribution in [0.25, 0.3) is 0 Å². The predicted molar refractivity (Wildman–Crippen MR) is 73.0 cm³/mol. The van der Waals surface area contributed by atoms with E-state index in [-0.39, 0.29) is 18.1 Å². The topological polar surface area (TPSA) is 84.3 Å². The minimum Gasteiger partial charge on any atom is -0.375 e. The standard InChI is InChI=1S/C10H12IN3O3/c1-2-12-10(15)6-13-9-4-3-7(14(16)17)5-8(9)11/h3-5,13H,2,6H2,1H3,(H,12,15). The fourth-order valence-electron chi connectivity index (χ4n) is 1.20. The monoisotopic (exact) mass is 349 g/mol. The van der Waals surface area contributed by atoms with Gasteiger partial charge < -0.3 is 10.6 Å². The third kappa shape index (κ3) is 4.17. The fraction of sp³-hybridized carbons (Fsp3) is 0.300. The lowest BCUT2D eigenvalue weighted by atomic mass is 10.3. The number of amides is 1. The summed E-state index contributed by atoms with van der Waals surface area (Å²) >= 11 is 1.99. The number of nitro groups is 1. The Kier molecular flexibility index (Phi) is 5.13. The SMILES string of the molecule is CCNC(=O)CNc1ccc([N+](=O)[O-])cc1I. The Labute approximate surface area is 112 Å². The molecule has 6 nitrogen and oxygen atoms in total. The molecule has 1 amide bonds. The van der Waals surface area contributed by atoms with Gasteiger partial charge in [0.15, 0.2) is 0 Å². The molecule has 0 unspecified atom stereocenters. The zero-order valence-corrected chi connectivity index (χ0v) is 11.4. The van der Waals surface area contributed by atoms with Crippen molar-refractivity contribution in [3.05, 3.63) is 31.9 Å². The summed E-state index contributed by atoms with van der Waals surface area (Å²) in [5.41, 5.74) is 0.750. The number of hydrogen-bond donors (Lipinski definition) is 2. The highest BCUT2D eigenvalue weighted by molar-refractivity contribution is 14.1. The summed E-state index contributed by atoms with van der Waals surface area (Å²) in [7, 11) is 0. The van der Waals surface area contributed by atoms with E-state index in [9.17, 15) is 14.9 Å². The minimum atomic E-state index is -0.449. The smallest absolute Gasteiger partial charge is 0.270 e. The molecule has 0 bridgehead atoms. The van der Waals surface area contributed by atoms with Crippen molar-refractivity contribution < 1.29 is 9.72 Å². The maximum atomic E-state index is 11.2. The van der Waals surface area contributed by atoms with Gasteiger partial charge >= 0.3 is 0 Å². The van der Waals surface area contributed by atoms with Crippen LogP contribution in [0.2, 0.25) is 0 Å². The number of benzene rings is 1. The van der Waals surface area contributed by atoms with Gasteiger partial charge in [0.05, 0.1) is 11.5 Å². The van der Waals surface area contributed by atoms with E-state index in [1.165, 1.54) is 12.1 Å². The highest BCUT2D eigenvalue weighted by Crippen LogP contribution is 2.23. The van der Waals surface area contributed by atoms with Crippen molar-refractivity contribution in [1.29, 1.82) is 0 Å². The molecule has 1 rings (SSSR count). The third-order valence-corrected chi connectivity index (χ3v) is 2.87. The quantitative estimate of drug-likeness (QED) is 0.482. The van der Waals surface area contributed by atoms with E-state index in [1.54, 1.807) is 6.07 Å². The maximum Gasteiger partial charge on any atom is 0.270 e. The van der Waals surface area contributed by atoms with Gasteiger partial charge in [-0.25, -0.2) is 0 Å². The van der Waals surface area contributed by atoms with Crippen LogP contribution in [0, 0.1) is 13.7 Å². The van der Waals surface area contributed by atoms with Crippen LogP contribution < -0.4 is 10.6 Å². The van der Waals surface area contributed by atoms with Gasteiger partial charge in [-0.2, -0.15) is 0 Å². The van der Waals surface area contributed by atoms with E-state index < -0.39 is 4.92 Å². The van der Waals surface area contributed by atoms with Gasteiger partial charge in [0.2, 0.25) is 5.91 Å². The average Bonchev–Trinajstić information content (AvgIpc) is 2.27. The molecule has 0 saturated heterocycles. The summed E-state index contributed by atoms with van der Waals surface area (Å²) in [4.78, 5) is 21.3. The van der Waals surface area contributed by atoms with Gasteiger partial charge in [0, 0.05) is 27.9 Å². The fourth-order valence-corrected chi connectivity index (χ4v) is 1.89. The largest absolute Gasteiger partial charge is 0.375 e. The first-order chi connectivity index (χ1) is 8.04. The van der Waals surface area contributed by atoms with Crippen LogP contribution in [-0.2, 0) is 4.79 Å². The number of carbonyl (C=O) groups excluding carboxylic acids is 1. The highest BCUT2D eigenvalue weighted by atomic mass is 127. The summed E-state index contributed by atoms with van der Waals surface area (Å²) in [6, 6.07) is 4.46. The Morgan fingerprint density at radius 1 is 1.53 bits per heavy atom. The van der Waals surface area contributed by atoms with Gasteiger partial charge in [-0.1, -0.05) is 0 Å². The number of nitrogens with one attached hydrogen (secondary N) is 2. The zero-order chi connectivity index (χ0) is 12.8. The second-order valence-corrected chi connectivity index (χ2v) is 4.39. The lowest BCUT2D eigenvalue weighted by molar-refractivity contribution is -0.384. The molecule has 7 heteroatoms. The van der Waals surface area contributed by atoms with Crippen LogP contribution in [0.4, 0.5) is 11.4 Å². The van der Waals surface area contributed by atoms with Gasteiger partial charge in [0.1, 0.15) is 0 Å². The number of nitro benzene ring substituents is 1. The van der Waals surface area contributed by atoms with Gasteiger partial charge in [-0.15, -0.1) is 0 Å². The van der Waals surface area contributed by atoms with Crippen molar-refractivity contribution in [2.75, 3.05) is 18.4 Å². The normalized spacial score (nSPS) is 9.76. The van der Waals surface area contributed by atoms with Crippen molar-refractivity contribution in [3.8, 4) is 0 Å².